The van der Waals surface area contributed by atoms with Crippen molar-refractivity contribution in [1.29, 1.82) is 0 Å². The van der Waals surface area contributed by atoms with Gasteiger partial charge in [0.2, 0.25) is 5.91 Å². The second-order valence-corrected chi connectivity index (χ2v) is 4.31. The number of hydrogen-bond acceptors (Lipinski definition) is 3. The Labute approximate surface area is 108 Å². The average Bonchev–Trinajstić information content (AvgIpc) is 2.28. The molecule has 0 saturated carbocycles. The zero-order valence-electron chi connectivity index (χ0n) is 9.44. The molecule has 0 spiro atoms. The van der Waals surface area contributed by atoms with Crippen molar-refractivity contribution in [2.24, 2.45) is 5.73 Å². The first-order chi connectivity index (χ1) is 8.04. The van der Waals surface area contributed by atoms with Crippen molar-refractivity contribution in [2.75, 3.05) is 18.4 Å². The number of anilines is 1. The average molecular weight is 300 g/mol. The lowest BCUT2D eigenvalue weighted by Gasteiger charge is -2.18. The zero-order valence-corrected chi connectivity index (χ0v) is 11.0. The molecule has 1 rings (SSSR count). The molecule has 3 amide bonds. The van der Waals surface area contributed by atoms with E-state index in [-0.39, 0.29) is 19.0 Å². The molecule has 5 nitrogen and oxygen atoms in total. The number of amides is 3. The molecule has 6 heteroatoms. The monoisotopic (exact) mass is 299 g/mol. The summed E-state index contributed by atoms with van der Waals surface area (Å²) < 4.78 is 0.917. The summed E-state index contributed by atoms with van der Waals surface area (Å²) in [7, 11) is 0. The topological polar surface area (TPSA) is 75.4 Å². The Morgan fingerprint density at radius 3 is 2.41 bits per heavy atom. The number of carbonyl (C=O) groups excluding carboxylic acids is 2. The Hall–Kier alpha value is -1.40. The molecular formula is C11H14BrN3O2. The smallest absolute Gasteiger partial charge is 0.328 e. The first kappa shape index (κ1) is 13.7. The summed E-state index contributed by atoms with van der Waals surface area (Å²) in [6.07, 6.45) is 0. The van der Waals surface area contributed by atoms with Gasteiger partial charge < -0.3 is 11.1 Å². The second-order valence-electron chi connectivity index (χ2n) is 3.40. The Bertz CT molecular complexity index is 406. The number of halogens is 1. The van der Waals surface area contributed by atoms with Crippen LogP contribution in [0.2, 0.25) is 0 Å². The summed E-state index contributed by atoms with van der Waals surface area (Å²) in [4.78, 5) is 24.0. The van der Waals surface area contributed by atoms with Gasteiger partial charge in [0.25, 0.3) is 0 Å². The van der Waals surface area contributed by atoms with Crippen LogP contribution in [-0.4, -0.2) is 29.9 Å². The van der Waals surface area contributed by atoms with Gasteiger partial charge in [-0.2, -0.15) is 0 Å². The van der Waals surface area contributed by atoms with Crippen molar-refractivity contribution < 1.29 is 9.59 Å². The van der Waals surface area contributed by atoms with Gasteiger partial charge in [-0.1, -0.05) is 15.9 Å². The molecular weight excluding hydrogens is 286 g/mol. The number of nitrogens with two attached hydrogens (primary N) is 1. The number of carbonyl (C=O) groups is 2. The first-order valence-corrected chi connectivity index (χ1v) is 5.88. The molecule has 3 N–H and O–H groups in total. The van der Waals surface area contributed by atoms with Crippen molar-refractivity contribution in [1.82, 2.24) is 4.90 Å². The molecule has 1 aromatic rings. The molecule has 0 bridgehead atoms. The molecule has 0 unspecified atom stereocenters. The van der Waals surface area contributed by atoms with E-state index < -0.39 is 6.03 Å². The lowest BCUT2D eigenvalue weighted by molar-refractivity contribution is -0.125. The third-order valence-electron chi connectivity index (χ3n) is 2.07. The second kappa shape index (κ2) is 6.36. The maximum atomic E-state index is 11.8. The van der Waals surface area contributed by atoms with Crippen LogP contribution in [0.25, 0.3) is 0 Å². The molecule has 17 heavy (non-hydrogen) atoms. The van der Waals surface area contributed by atoms with Crippen molar-refractivity contribution in [2.45, 2.75) is 6.92 Å². The van der Waals surface area contributed by atoms with E-state index in [9.17, 15) is 9.59 Å². The highest BCUT2D eigenvalue weighted by molar-refractivity contribution is 9.10. The summed E-state index contributed by atoms with van der Waals surface area (Å²) >= 11 is 3.29. The van der Waals surface area contributed by atoms with Crippen molar-refractivity contribution in [3.63, 3.8) is 0 Å². The first-order valence-electron chi connectivity index (χ1n) is 5.09. The fraction of sp³-hybridized carbons (Fsp3) is 0.273. The van der Waals surface area contributed by atoms with E-state index in [2.05, 4.69) is 21.2 Å². The molecule has 0 heterocycles. The van der Waals surface area contributed by atoms with Gasteiger partial charge >= 0.3 is 6.03 Å². The van der Waals surface area contributed by atoms with Crippen LogP contribution >= 0.6 is 15.9 Å². The summed E-state index contributed by atoms with van der Waals surface area (Å²) in [5.41, 5.74) is 5.96. The van der Waals surface area contributed by atoms with Gasteiger partial charge in [0.1, 0.15) is 0 Å². The Balaban J connectivity index is 2.69. The number of imide groups is 1. The number of hydrogen-bond donors (Lipinski definition) is 2. The summed E-state index contributed by atoms with van der Waals surface area (Å²) in [6, 6.07) is 6.61. The van der Waals surface area contributed by atoms with E-state index in [0.717, 1.165) is 9.37 Å². The Kier molecular flexibility index (Phi) is 5.11. The van der Waals surface area contributed by atoms with E-state index in [1.54, 1.807) is 24.3 Å². The SMILES string of the molecule is CC(=O)N(CCN)C(=O)Nc1ccc(Br)cc1. The van der Waals surface area contributed by atoms with Gasteiger partial charge in [0.15, 0.2) is 0 Å². The van der Waals surface area contributed by atoms with Crippen molar-refractivity contribution in [3.8, 4) is 0 Å². The number of nitrogens with zero attached hydrogens (tertiary/aromatic N) is 1. The standard InChI is InChI=1S/C11H14BrN3O2/c1-8(16)15(7-6-13)11(17)14-10-4-2-9(12)3-5-10/h2-5H,6-7,13H2,1H3,(H,14,17). The Morgan fingerprint density at radius 1 is 1.35 bits per heavy atom. The minimum absolute atomic E-state index is 0.206. The highest BCUT2D eigenvalue weighted by Crippen LogP contribution is 2.14. The Morgan fingerprint density at radius 2 is 1.94 bits per heavy atom. The van der Waals surface area contributed by atoms with Gasteiger partial charge in [0.05, 0.1) is 0 Å². The highest BCUT2D eigenvalue weighted by atomic mass is 79.9. The van der Waals surface area contributed by atoms with Gasteiger partial charge in [0, 0.05) is 30.2 Å². The largest absolute Gasteiger partial charge is 0.329 e. The van der Waals surface area contributed by atoms with Gasteiger partial charge in [-0.15, -0.1) is 0 Å². The summed E-state index contributed by atoms with van der Waals surface area (Å²) in [5, 5.41) is 2.63. The number of nitrogens with one attached hydrogen (secondary N) is 1. The minimum Gasteiger partial charge on any atom is -0.329 e. The van der Waals surface area contributed by atoms with Gasteiger partial charge in [-0.25, -0.2) is 4.79 Å². The lowest BCUT2D eigenvalue weighted by Crippen LogP contribution is -2.41. The number of urea groups is 1. The zero-order chi connectivity index (χ0) is 12.8. The van der Waals surface area contributed by atoms with Crippen molar-refractivity contribution >= 4 is 33.6 Å². The predicted molar refractivity (Wildman–Crippen MR) is 69.6 cm³/mol. The molecule has 0 atom stereocenters. The molecule has 0 aliphatic heterocycles. The van der Waals surface area contributed by atoms with Gasteiger partial charge in [-0.3, -0.25) is 9.69 Å². The molecule has 0 radical (unpaired) electrons. The van der Waals surface area contributed by atoms with Crippen molar-refractivity contribution in [3.05, 3.63) is 28.7 Å². The maximum absolute atomic E-state index is 11.8. The van der Waals surface area contributed by atoms with E-state index in [1.807, 2.05) is 0 Å². The van der Waals surface area contributed by atoms with E-state index in [4.69, 9.17) is 5.73 Å². The lowest BCUT2D eigenvalue weighted by atomic mass is 10.3. The van der Waals surface area contributed by atoms with Crippen LogP contribution in [0.3, 0.4) is 0 Å². The molecule has 0 aliphatic rings. The normalized spacial score (nSPS) is 9.82. The minimum atomic E-state index is -0.467. The number of benzene rings is 1. The quantitative estimate of drug-likeness (QED) is 0.893. The third-order valence-corrected chi connectivity index (χ3v) is 2.60. The highest BCUT2D eigenvalue weighted by Gasteiger charge is 2.16. The molecule has 1 aromatic carbocycles. The fourth-order valence-electron chi connectivity index (χ4n) is 1.26. The van der Waals surface area contributed by atoms with E-state index in [1.165, 1.54) is 6.92 Å². The summed E-state index contributed by atoms with van der Waals surface area (Å²) in [6.45, 7) is 1.78. The van der Waals surface area contributed by atoms with Crippen LogP contribution in [0.4, 0.5) is 10.5 Å². The van der Waals surface area contributed by atoms with Crippen LogP contribution in [-0.2, 0) is 4.79 Å². The van der Waals surface area contributed by atoms with Crippen LogP contribution in [0, 0.1) is 0 Å². The summed E-state index contributed by atoms with van der Waals surface area (Å²) in [5.74, 6) is -0.329. The third kappa shape index (κ3) is 4.16. The maximum Gasteiger partial charge on any atom is 0.328 e. The fourth-order valence-corrected chi connectivity index (χ4v) is 1.52. The molecule has 92 valence electrons. The van der Waals surface area contributed by atoms with Crippen LogP contribution in [0.15, 0.2) is 28.7 Å². The van der Waals surface area contributed by atoms with Gasteiger partial charge in [-0.05, 0) is 24.3 Å². The van der Waals surface area contributed by atoms with Crippen LogP contribution in [0.5, 0.6) is 0 Å². The molecule has 0 fully saturated rings. The van der Waals surface area contributed by atoms with Crippen LogP contribution < -0.4 is 11.1 Å². The molecule has 0 aliphatic carbocycles. The van der Waals surface area contributed by atoms with E-state index >= 15 is 0 Å². The molecule has 0 aromatic heterocycles. The van der Waals surface area contributed by atoms with E-state index in [0.29, 0.717) is 5.69 Å². The predicted octanol–water partition coefficient (Wildman–Crippen LogP) is 1.79. The van der Waals surface area contributed by atoms with Crippen LogP contribution in [0.1, 0.15) is 6.92 Å². The number of rotatable bonds is 3. The molecule has 0 saturated heterocycles.